The third-order valence-corrected chi connectivity index (χ3v) is 16.2. The highest BCUT2D eigenvalue weighted by atomic mass is 15.0. The van der Waals surface area contributed by atoms with E-state index in [4.69, 9.17) is 0 Å². The van der Waals surface area contributed by atoms with Gasteiger partial charge in [0.05, 0.1) is 11.0 Å². The van der Waals surface area contributed by atoms with Crippen LogP contribution in [0.15, 0.2) is 243 Å². The molecule has 3 aliphatic rings. The second-order valence-electron chi connectivity index (χ2n) is 20.7. The van der Waals surface area contributed by atoms with Gasteiger partial charge >= 0.3 is 0 Å². The van der Waals surface area contributed by atoms with Gasteiger partial charge in [-0.3, -0.25) is 0 Å². The molecule has 0 amide bonds. The standard InChI is InChI=1S/C71H53N/c1-71(2)67-29-17-15-27-60(67)65-44-66-61-28-16-18-30-69(61)72(70(66)45-68(65)71)58-33-34-59-63(57-39-54(48-23-11-5-12-24-48)36-55(40-57)49-25-13-6-14-26-49)42-51-32-31-50(41-62(51)64(59)43-58)56-37-52(46-19-7-3-8-20-46)35-53(38-56)47-21-9-4-10-22-47/h3-9,11-21,23-41,43-45,63H,10,22,42H2,1-2H3. The molecule has 0 bridgehead atoms. The molecule has 0 spiro atoms. The van der Waals surface area contributed by atoms with Crippen LogP contribution in [-0.2, 0) is 11.8 Å². The molecular weight excluding hydrogens is 867 g/mol. The van der Waals surface area contributed by atoms with Crippen molar-refractivity contribution in [2.45, 2.75) is 44.4 Å². The van der Waals surface area contributed by atoms with E-state index in [0.717, 1.165) is 19.3 Å². The number of benzene rings is 10. The molecule has 0 saturated heterocycles. The fourth-order valence-electron chi connectivity index (χ4n) is 12.5. The zero-order valence-corrected chi connectivity index (χ0v) is 40.7. The molecule has 0 fully saturated rings. The number of rotatable bonds is 7. The molecular formula is C71H53N. The van der Waals surface area contributed by atoms with Gasteiger partial charge in [0.15, 0.2) is 0 Å². The van der Waals surface area contributed by atoms with E-state index in [-0.39, 0.29) is 11.3 Å². The predicted molar refractivity (Wildman–Crippen MR) is 304 cm³/mol. The molecule has 0 radical (unpaired) electrons. The first-order valence-electron chi connectivity index (χ1n) is 25.7. The van der Waals surface area contributed by atoms with Crippen molar-refractivity contribution < 1.29 is 0 Å². The third-order valence-electron chi connectivity index (χ3n) is 16.2. The van der Waals surface area contributed by atoms with Crippen LogP contribution in [0.2, 0.25) is 0 Å². The summed E-state index contributed by atoms with van der Waals surface area (Å²) in [5.74, 6) is 0.138. The highest BCUT2D eigenvalue weighted by molar-refractivity contribution is 6.12. The lowest BCUT2D eigenvalue weighted by atomic mass is 9.74. The highest BCUT2D eigenvalue weighted by Crippen LogP contribution is 2.52. The van der Waals surface area contributed by atoms with Gasteiger partial charge in [0.25, 0.3) is 0 Å². The number of nitrogens with zero attached hydrogens (tertiary/aromatic N) is 1. The van der Waals surface area contributed by atoms with E-state index >= 15 is 0 Å². The Labute approximate surface area is 422 Å². The minimum absolute atomic E-state index is 0.116. The summed E-state index contributed by atoms with van der Waals surface area (Å²) < 4.78 is 2.54. The molecule has 1 atom stereocenters. The van der Waals surface area contributed by atoms with Crippen molar-refractivity contribution in [3.05, 3.63) is 276 Å². The molecule has 342 valence electrons. The first-order chi connectivity index (χ1) is 35.4. The van der Waals surface area contributed by atoms with Crippen LogP contribution in [0.5, 0.6) is 0 Å². The van der Waals surface area contributed by atoms with Crippen LogP contribution in [0.1, 0.15) is 66.0 Å². The lowest BCUT2D eigenvalue weighted by Crippen LogP contribution is -2.15. The maximum atomic E-state index is 2.54. The highest BCUT2D eigenvalue weighted by Gasteiger charge is 2.36. The molecule has 0 N–H and O–H groups in total. The normalized spacial score (nSPS) is 15.2. The quantitative estimate of drug-likeness (QED) is 0.150. The summed E-state index contributed by atoms with van der Waals surface area (Å²) >= 11 is 0. The van der Waals surface area contributed by atoms with Crippen molar-refractivity contribution in [3.63, 3.8) is 0 Å². The Morgan fingerprint density at radius 2 is 1.04 bits per heavy atom. The molecule has 1 heteroatoms. The Morgan fingerprint density at radius 1 is 0.417 bits per heavy atom. The average molecular weight is 920 g/mol. The van der Waals surface area contributed by atoms with Crippen LogP contribution in [0.4, 0.5) is 0 Å². The van der Waals surface area contributed by atoms with Crippen LogP contribution >= 0.6 is 0 Å². The zero-order chi connectivity index (χ0) is 47.9. The van der Waals surface area contributed by atoms with E-state index in [0.29, 0.717) is 0 Å². The van der Waals surface area contributed by atoms with Crippen molar-refractivity contribution >= 4 is 27.4 Å². The van der Waals surface area contributed by atoms with Gasteiger partial charge in [-0.25, -0.2) is 0 Å². The molecule has 14 rings (SSSR count). The number of hydrogen-bond acceptors (Lipinski definition) is 0. The van der Waals surface area contributed by atoms with E-state index in [2.05, 4.69) is 261 Å². The Bertz CT molecular complexity index is 3950. The Hall–Kier alpha value is -8.52. The molecule has 0 aliphatic heterocycles. The lowest BCUT2D eigenvalue weighted by Gasteiger charge is -2.30. The first-order valence-corrected chi connectivity index (χ1v) is 25.7. The Morgan fingerprint density at radius 3 is 1.74 bits per heavy atom. The molecule has 1 aromatic heterocycles. The molecule has 10 aromatic carbocycles. The van der Waals surface area contributed by atoms with E-state index in [9.17, 15) is 0 Å². The summed E-state index contributed by atoms with van der Waals surface area (Å²) in [6, 6.07) is 84.9. The number of fused-ring (bicyclic) bond motifs is 9. The summed E-state index contributed by atoms with van der Waals surface area (Å²) in [7, 11) is 0. The van der Waals surface area contributed by atoms with E-state index in [1.807, 2.05) is 0 Å². The SMILES string of the molecule is CC1(C)c2ccccc2-c2cc3c4ccccc4n(-c4ccc5c(c4)-c4cc(-c6cc(C7=CC=CCC7)cc(-c7ccccc7)c6)ccc4CC5c4cc(-c5ccccc5)cc(-c5ccccc5)c4)c3cc21. The Kier molecular flexibility index (Phi) is 9.90. The van der Waals surface area contributed by atoms with E-state index < -0.39 is 0 Å². The van der Waals surface area contributed by atoms with Crippen molar-refractivity contribution in [1.82, 2.24) is 4.57 Å². The number of para-hydroxylation sites is 1. The van der Waals surface area contributed by atoms with Gasteiger partial charge in [0.2, 0.25) is 0 Å². The van der Waals surface area contributed by atoms with Gasteiger partial charge in [-0.15, -0.1) is 0 Å². The molecule has 72 heavy (non-hydrogen) atoms. The number of allylic oxidation sites excluding steroid dienone is 4. The molecule has 1 nitrogen and oxygen atoms in total. The summed E-state index contributed by atoms with van der Waals surface area (Å²) in [6.07, 6.45) is 9.82. The van der Waals surface area contributed by atoms with Gasteiger partial charge in [-0.1, -0.05) is 196 Å². The summed E-state index contributed by atoms with van der Waals surface area (Å²) in [5.41, 5.74) is 28.3. The number of hydrogen-bond donors (Lipinski definition) is 0. The van der Waals surface area contributed by atoms with Gasteiger partial charge in [-0.05, 0) is 186 Å². The largest absolute Gasteiger partial charge is 0.309 e. The van der Waals surface area contributed by atoms with Crippen molar-refractivity contribution in [2.75, 3.05) is 0 Å². The maximum Gasteiger partial charge on any atom is 0.0544 e. The van der Waals surface area contributed by atoms with Crippen LogP contribution in [0.3, 0.4) is 0 Å². The van der Waals surface area contributed by atoms with Gasteiger partial charge in [0, 0.05) is 27.8 Å². The summed E-state index contributed by atoms with van der Waals surface area (Å²) in [6.45, 7) is 4.78. The average Bonchev–Trinajstić information content (AvgIpc) is 3.89. The summed E-state index contributed by atoms with van der Waals surface area (Å²) in [5, 5.41) is 2.57. The zero-order valence-electron chi connectivity index (χ0n) is 40.7. The van der Waals surface area contributed by atoms with E-state index in [1.54, 1.807) is 0 Å². The molecule has 3 aliphatic carbocycles. The third kappa shape index (κ3) is 6.98. The second kappa shape index (κ2) is 16.8. The lowest BCUT2D eigenvalue weighted by molar-refractivity contribution is 0.661. The molecule has 11 aromatic rings. The molecule has 0 saturated carbocycles. The van der Waals surface area contributed by atoms with Crippen molar-refractivity contribution in [2.24, 2.45) is 0 Å². The first kappa shape index (κ1) is 42.4. The van der Waals surface area contributed by atoms with Crippen LogP contribution in [0.25, 0.3) is 99.8 Å². The number of aromatic nitrogens is 1. The fraction of sp³-hybridized carbons (Fsp3) is 0.0986. The minimum Gasteiger partial charge on any atom is -0.309 e. The van der Waals surface area contributed by atoms with Crippen molar-refractivity contribution in [3.8, 4) is 72.4 Å². The minimum atomic E-state index is -0.116. The van der Waals surface area contributed by atoms with Crippen LogP contribution in [-0.4, -0.2) is 4.57 Å². The molecule has 1 unspecified atom stereocenters. The van der Waals surface area contributed by atoms with E-state index in [1.165, 1.54) is 133 Å². The predicted octanol–water partition coefficient (Wildman–Crippen LogP) is 18.8. The summed E-state index contributed by atoms with van der Waals surface area (Å²) in [4.78, 5) is 0. The maximum absolute atomic E-state index is 2.54. The Balaban J connectivity index is 0.991. The van der Waals surface area contributed by atoms with Crippen molar-refractivity contribution in [1.29, 1.82) is 0 Å². The van der Waals surface area contributed by atoms with Gasteiger partial charge in [-0.2, -0.15) is 0 Å². The van der Waals surface area contributed by atoms with Gasteiger partial charge in [0.1, 0.15) is 0 Å². The molecule has 1 heterocycles. The van der Waals surface area contributed by atoms with Crippen LogP contribution < -0.4 is 0 Å². The smallest absolute Gasteiger partial charge is 0.0544 e. The fourth-order valence-corrected chi connectivity index (χ4v) is 12.5. The van der Waals surface area contributed by atoms with Crippen LogP contribution in [0, 0.1) is 0 Å². The topological polar surface area (TPSA) is 4.93 Å². The monoisotopic (exact) mass is 919 g/mol. The van der Waals surface area contributed by atoms with Gasteiger partial charge < -0.3 is 4.57 Å². The second-order valence-corrected chi connectivity index (χ2v) is 20.7.